The van der Waals surface area contributed by atoms with E-state index in [9.17, 15) is 14.4 Å². The third kappa shape index (κ3) is 3.71. The van der Waals surface area contributed by atoms with Gasteiger partial charge in [0.1, 0.15) is 5.56 Å². The molecule has 2 aromatic rings. The number of aromatic amines is 1. The van der Waals surface area contributed by atoms with Crippen molar-refractivity contribution < 1.29 is 14.3 Å². The molecule has 1 aromatic carbocycles. The average molecular weight is 343 g/mol. The number of hydrogen-bond donors (Lipinski definition) is 2. The standard InChI is InChI=1S/C18H21N3O4/c1-11-9-21(10-12(2)25-11)16(22)8-20-18(24)14-7-19-15-6-4-3-5-13(15)17(14)23/h3-7,11-12H,8-10H2,1-2H3,(H,19,23)(H,20,24). The van der Waals surface area contributed by atoms with Gasteiger partial charge in [-0.2, -0.15) is 0 Å². The van der Waals surface area contributed by atoms with Crippen LogP contribution in [0.3, 0.4) is 0 Å². The van der Waals surface area contributed by atoms with Gasteiger partial charge in [-0.3, -0.25) is 14.4 Å². The minimum atomic E-state index is -0.560. The predicted octanol–water partition coefficient (Wildman–Crippen LogP) is 0.894. The topological polar surface area (TPSA) is 91.5 Å². The second-order valence-electron chi connectivity index (χ2n) is 6.32. The molecule has 1 aliphatic rings. The van der Waals surface area contributed by atoms with E-state index >= 15 is 0 Å². The third-order valence-electron chi connectivity index (χ3n) is 4.21. The SMILES string of the molecule is CC1CN(C(=O)CNC(=O)c2c[nH]c3ccccc3c2=O)CC(C)O1. The van der Waals surface area contributed by atoms with Gasteiger partial charge in [-0.25, -0.2) is 0 Å². The van der Waals surface area contributed by atoms with Crippen LogP contribution in [0.1, 0.15) is 24.2 Å². The molecule has 1 aromatic heterocycles. The number of nitrogens with zero attached hydrogens (tertiary/aromatic N) is 1. The highest BCUT2D eigenvalue weighted by Gasteiger charge is 2.26. The molecule has 7 nitrogen and oxygen atoms in total. The number of aromatic nitrogens is 1. The molecule has 1 aliphatic heterocycles. The van der Waals surface area contributed by atoms with E-state index in [1.54, 1.807) is 29.2 Å². The Morgan fingerprint density at radius 3 is 2.64 bits per heavy atom. The zero-order valence-corrected chi connectivity index (χ0v) is 14.2. The van der Waals surface area contributed by atoms with Crippen LogP contribution in [0.2, 0.25) is 0 Å². The number of hydrogen-bond acceptors (Lipinski definition) is 4. The number of carbonyl (C=O) groups is 2. The van der Waals surface area contributed by atoms with Gasteiger partial charge in [0.2, 0.25) is 11.3 Å². The van der Waals surface area contributed by atoms with Crippen molar-refractivity contribution in [2.45, 2.75) is 26.1 Å². The van der Waals surface area contributed by atoms with Gasteiger partial charge in [0.05, 0.1) is 18.8 Å². The zero-order valence-electron chi connectivity index (χ0n) is 14.2. The molecule has 2 atom stereocenters. The number of carbonyl (C=O) groups excluding carboxylic acids is 2. The Labute approximate surface area is 145 Å². The first-order valence-corrected chi connectivity index (χ1v) is 8.27. The van der Waals surface area contributed by atoms with E-state index in [4.69, 9.17) is 4.74 Å². The van der Waals surface area contributed by atoms with Crippen LogP contribution in [0.4, 0.5) is 0 Å². The van der Waals surface area contributed by atoms with Crippen molar-refractivity contribution in [2.75, 3.05) is 19.6 Å². The third-order valence-corrected chi connectivity index (χ3v) is 4.21. The number of amides is 2. The van der Waals surface area contributed by atoms with Crippen molar-refractivity contribution in [1.29, 1.82) is 0 Å². The first-order valence-electron chi connectivity index (χ1n) is 8.27. The largest absolute Gasteiger partial charge is 0.372 e. The van der Waals surface area contributed by atoms with Crippen molar-refractivity contribution in [3.05, 3.63) is 46.2 Å². The smallest absolute Gasteiger partial charge is 0.257 e. The van der Waals surface area contributed by atoms with Gasteiger partial charge in [-0.15, -0.1) is 0 Å². The van der Waals surface area contributed by atoms with Gasteiger partial charge in [0, 0.05) is 30.2 Å². The predicted molar refractivity (Wildman–Crippen MR) is 93.5 cm³/mol. The van der Waals surface area contributed by atoms with Gasteiger partial charge in [0.15, 0.2) is 0 Å². The number of para-hydroxylation sites is 1. The van der Waals surface area contributed by atoms with Crippen LogP contribution < -0.4 is 10.7 Å². The molecule has 0 saturated carbocycles. The molecule has 2 N–H and O–H groups in total. The molecule has 0 aliphatic carbocycles. The Balaban J connectivity index is 1.68. The molecule has 132 valence electrons. The van der Waals surface area contributed by atoms with E-state index in [1.807, 2.05) is 13.8 Å². The normalized spacial score (nSPS) is 20.5. The minimum absolute atomic E-state index is 0.00443. The summed E-state index contributed by atoms with van der Waals surface area (Å²) >= 11 is 0. The van der Waals surface area contributed by atoms with Gasteiger partial charge in [-0.1, -0.05) is 12.1 Å². The summed E-state index contributed by atoms with van der Waals surface area (Å²) < 4.78 is 5.59. The lowest BCUT2D eigenvalue weighted by molar-refractivity contribution is -0.142. The molecule has 7 heteroatoms. The lowest BCUT2D eigenvalue weighted by Gasteiger charge is -2.35. The van der Waals surface area contributed by atoms with Gasteiger partial charge in [-0.05, 0) is 26.0 Å². The first-order chi connectivity index (χ1) is 12.0. The van der Waals surface area contributed by atoms with E-state index in [0.29, 0.717) is 24.0 Å². The number of pyridine rings is 1. The number of H-pyrrole nitrogens is 1. The van der Waals surface area contributed by atoms with Crippen LogP contribution in [0.5, 0.6) is 0 Å². The molecule has 25 heavy (non-hydrogen) atoms. The van der Waals surface area contributed by atoms with Crippen molar-refractivity contribution in [3.8, 4) is 0 Å². The second kappa shape index (κ2) is 7.06. The Bertz CT molecular complexity index is 851. The highest BCUT2D eigenvalue weighted by atomic mass is 16.5. The number of rotatable bonds is 3. The van der Waals surface area contributed by atoms with E-state index in [1.165, 1.54) is 6.20 Å². The molecule has 1 saturated heterocycles. The van der Waals surface area contributed by atoms with Crippen molar-refractivity contribution in [2.24, 2.45) is 0 Å². The average Bonchev–Trinajstić information content (AvgIpc) is 2.59. The summed E-state index contributed by atoms with van der Waals surface area (Å²) in [5, 5.41) is 2.98. The maximum absolute atomic E-state index is 12.4. The summed E-state index contributed by atoms with van der Waals surface area (Å²) in [6, 6.07) is 6.97. The van der Waals surface area contributed by atoms with Crippen LogP contribution in [0.25, 0.3) is 10.9 Å². The number of ether oxygens (including phenoxy) is 1. The Kier molecular flexibility index (Phi) is 4.85. The summed E-state index contributed by atoms with van der Waals surface area (Å²) in [5.74, 6) is -0.748. The number of nitrogens with one attached hydrogen (secondary N) is 2. The summed E-state index contributed by atoms with van der Waals surface area (Å²) in [5.41, 5.74) is 0.305. The molecule has 0 radical (unpaired) electrons. The molecular formula is C18H21N3O4. The zero-order chi connectivity index (χ0) is 18.0. The Hall–Kier alpha value is -2.67. The van der Waals surface area contributed by atoms with Crippen LogP contribution in [0, 0.1) is 0 Å². The lowest BCUT2D eigenvalue weighted by Crippen LogP contribution is -2.51. The quantitative estimate of drug-likeness (QED) is 0.866. The Morgan fingerprint density at radius 1 is 1.24 bits per heavy atom. The molecule has 0 spiro atoms. The van der Waals surface area contributed by atoms with Gasteiger partial charge < -0.3 is 19.9 Å². The first kappa shape index (κ1) is 17.2. The Morgan fingerprint density at radius 2 is 1.92 bits per heavy atom. The van der Waals surface area contributed by atoms with Gasteiger partial charge >= 0.3 is 0 Å². The fraction of sp³-hybridized carbons (Fsp3) is 0.389. The molecule has 2 heterocycles. The van der Waals surface area contributed by atoms with Crippen molar-refractivity contribution in [1.82, 2.24) is 15.2 Å². The van der Waals surface area contributed by atoms with Gasteiger partial charge in [0.25, 0.3) is 5.91 Å². The summed E-state index contributed by atoms with van der Waals surface area (Å²) in [6.45, 7) is 4.65. The summed E-state index contributed by atoms with van der Waals surface area (Å²) in [6.07, 6.45) is 1.31. The maximum atomic E-state index is 12.4. The monoisotopic (exact) mass is 343 g/mol. The summed E-state index contributed by atoms with van der Waals surface area (Å²) in [4.78, 5) is 41.6. The number of benzene rings is 1. The fourth-order valence-electron chi connectivity index (χ4n) is 3.08. The van der Waals surface area contributed by atoms with E-state index in [-0.39, 0.29) is 35.7 Å². The second-order valence-corrected chi connectivity index (χ2v) is 6.32. The molecule has 3 rings (SSSR count). The maximum Gasteiger partial charge on any atom is 0.257 e. The summed E-state index contributed by atoms with van der Waals surface area (Å²) in [7, 11) is 0. The lowest BCUT2D eigenvalue weighted by atomic mass is 10.1. The van der Waals surface area contributed by atoms with Crippen LogP contribution in [-0.2, 0) is 9.53 Å². The number of morpholine rings is 1. The minimum Gasteiger partial charge on any atom is -0.372 e. The van der Waals surface area contributed by atoms with E-state index < -0.39 is 5.91 Å². The fourth-order valence-corrected chi connectivity index (χ4v) is 3.08. The van der Waals surface area contributed by atoms with E-state index in [2.05, 4.69) is 10.3 Å². The number of fused-ring (bicyclic) bond motifs is 1. The van der Waals surface area contributed by atoms with Crippen molar-refractivity contribution >= 4 is 22.7 Å². The molecule has 0 bridgehead atoms. The molecule has 2 unspecified atom stereocenters. The van der Waals surface area contributed by atoms with Crippen molar-refractivity contribution in [3.63, 3.8) is 0 Å². The van der Waals surface area contributed by atoms with Crippen LogP contribution in [0.15, 0.2) is 35.3 Å². The molecular weight excluding hydrogens is 322 g/mol. The highest BCUT2D eigenvalue weighted by Crippen LogP contribution is 2.10. The molecule has 2 amide bonds. The van der Waals surface area contributed by atoms with Crippen LogP contribution >= 0.6 is 0 Å². The van der Waals surface area contributed by atoms with E-state index in [0.717, 1.165) is 0 Å². The van der Waals surface area contributed by atoms with Crippen LogP contribution in [-0.4, -0.2) is 53.5 Å². The molecule has 1 fully saturated rings. The highest BCUT2D eigenvalue weighted by molar-refractivity contribution is 5.98.